The molecule has 128 valence electrons. The predicted molar refractivity (Wildman–Crippen MR) is 93.4 cm³/mol. The molecule has 5 N–H and O–H groups in total. The molecule has 1 aliphatic rings. The molecule has 1 heterocycles. The quantitative estimate of drug-likeness (QED) is 0.653. The van der Waals surface area contributed by atoms with Gasteiger partial charge in [-0.1, -0.05) is 12.1 Å². The Labute approximate surface area is 144 Å². The molecule has 0 saturated heterocycles. The normalized spacial score (nSPS) is 19.5. The second kappa shape index (κ2) is 7.46. The number of amides is 1. The van der Waals surface area contributed by atoms with E-state index in [-0.39, 0.29) is 30.4 Å². The largest absolute Gasteiger partial charge is 0.349 e. The van der Waals surface area contributed by atoms with E-state index >= 15 is 0 Å². The van der Waals surface area contributed by atoms with Crippen LogP contribution < -0.4 is 22.3 Å². The number of hydrogen-bond donors (Lipinski definition) is 4. The van der Waals surface area contributed by atoms with Crippen LogP contribution in [0.3, 0.4) is 0 Å². The van der Waals surface area contributed by atoms with Gasteiger partial charge in [0.25, 0.3) is 11.5 Å². The first-order valence-electron chi connectivity index (χ1n) is 7.52. The molecule has 2 aromatic rings. The van der Waals surface area contributed by atoms with Crippen LogP contribution in [-0.2, 0) is 0 Å². The van der Waals surface area contributed by atoms with E-state index in [0.29, 0.717) is 16.7 Å². The zero-order valence-electron chi connectivity index (χ0n) is 12.9. The lowest BCUT2D eigenvalue weighted by atomic mass is 10.1. The first-order valence-corrected chi connectivity index (χ1v) is 7.52. The SMILES string of the molecule is Cl.N[C@@H]1CC[C@H](NC(=O)c2ccc(-c3c[nH]c(=O)[nH]c3=O)cc2)C1. The minimum absolute atomic E-state index is 0. The number of H-pyrrole nitrogens is 2. The van der Waals surface area contributed by atoms with Gasteiger partial charge in [0.1, 0.15) is 0 Å². The van der Waals surface area contributed by atoms with Crippen LogP contribution in [0.15, 0.2) is 40.1 Å². The molecule has 0 bridgehead atoms. The van der Waals surface area contributed by atoms with E-state index in [4.69, 9.17) is 5.73 Å². The maximum Gasteiger partial charge on any atom is 0.325 e. The van der Waals surface area contributed by atoms with Gasteiger partial charge in [0, 0.05) is 23.8 Å². The third-order valence-corrected chi connectivity index (χ3v) is 4.09. The number of hydrogen-bond acceptors (Lipinski definition) is 4. The van der Waals surface area contributed by atoms with Crippen molar-refractivity contribution in [2.75, 3.05) is 0 Å². The Morgan fingerprint density at radius 2 is 1.88 bits per heavy atom. The molecular formula is C16H19ClN4O3. The number of aromatic amines is 2. The molecule has 0 spiro atoms. The highest BCUT2D eigenvalue weighted by atomic mass is 35.5. The fraction of sp³-hybridized carbons (Fsp3) is 0.312. The molecule has 1 aliphatic carbocycles. The van der Waals surface area contributed by atoms with Crippen molar-refractivity contribution in [3.05, 3.63) is 56.9 Å². The van der Waals surface area contributed by atoms with E-state index in [1.54, 1.807) is 24.3 Å². The molecular weight excluding hydrogens is 332 g/mol. The minimum atomic E-state index is -0.551. The number of carbonyl (C=O) groups excluding carboxylic acids is 1. The van der Waals surface area contributed by atoms with Gasteiger partial charge in [-0.25, -0.2) is 4.79 Å². The summed E-state index contributed by atoms with van der Waals surface area (Å²) >= 11 is 0. The number of benzene rings is 1. The molecule has 1 aromatic carbocycles. The van der Waals surface area contributed by atoms with E-state index in [9.17, 15) is 14.4 Å². The predicted octanol–water partition coefficient (Wildman–Crippen LogP) is 0.762. The summed E-state index contributed by atoms with van der Waals surface area (Å²) in [7, 11) is 0. The van der Waals surface area contributed by atoms with Crippen LogP contribution in [0.4, 0.5) is 0 Å². The fourth-order valence-electron chi connectivity index (χ4n) is 2.84. The van der Waals surface area contributed by atoms with E-state index in [0.717, 1.165) is 19.3 Å². The van der Waals surface area contributed by atoms with Gasteiger partial charge in [-0.3, -0.25) is 14.6 Å². The van der Waals surface area contributed by atoms with Gasteiger partial charge >= 0.3 is 5.69 Å². The third-order valence-electron chi connectivity index (χ3n) is 4.09. The van der Waals surface area contributed by atoms with Gasteiger partial charge in [-0.15, -0.1) is 12.4 Å². The summed E-state index contributed by atoms with van der Waals surface area (Å²) in [4.78, 5) is 39.6. The van der Waals surface area contributed by atoms with Gasteiger partial charge < -0.3 is 16.0 Å². The van der Waals surface area contributed by atoms with Crippen molar-refractivity contribution in [1.29, 1.82) is 0 Å². The molecule has 7 nitrogen and oxygen atoms in total. The Morgan fingerprint density at radius 3 is 2.46 bits per heavy atom. The Kier molecular flexibility index (Phi) is 5.58. The summed E-state index contributed by atoms with van der Waals surface area (Å²) in [5, 5.41) is 2.97. The second-order valence-electron chi connectivity index (χ2n) is 5.81. The molecule has 0 radical (unpaired) electrons. The fourth-order valence-corrected chi connectivity index (χ4v) is 2.84. The summed E-state index contributed by atoms with van der Waals surface area (Å²) in [6.45, 7) is 0. The van der Waals surface area contributed by atoms with E-state index < -0.39 is 11.2 Å². The summed E-state index contributed by atoms with van der Waals surface area (Å²) < 4.78 is 0. The molecule has 3 rings (SSSR count). The van der Waals surface area contributed by atoms with Crippen LogP contribution in [0, 0.1) is 0 Å². The number of nitrogens with two attached hydrogens (primary N) is 1. The molecule has 0 aliphatic heterocycles. The molecule has 0 unspecified atom stereocenters. The Balaban J connectivity index is 0.00000208. The monoisotopic (exact) mass is 350 g/mol. The number of rotatable bonds is 3. The van der Waals surface area contributed by atoms with Gasteiger partial charge in [0.2, 0.25) is 0 Å². The molecule has 1 aromatic heterocycles. The Hall–Kier alpha value is -2.38. The van der Waals surface area contributed by atoms with Crippen molar-refractivity contribution in [2.24, 2.45) is 5.73 Å². The summed E-state index contributed by atoms with van der Waals surface area (Å²) in [6, 6.07) is 6.96. The molecule has 1 saturated carbocycles. The van der Waals surface area contributed by atoms with Crippen LogP contribution in [0.1, 0.15) is 29.6 Å². The van der Waals surface area contributed by atoms with Gasteiger partial charge in [-0.05, 0) is 37.0 Å². The van der Waals surface area contributed by atoms with Gasteiger partial charge in [0.05, 0.1) is 5.56 Å². The van der Waals surface area contributed by atoms with Crippen molar-refractivity contribution < 1.29 is 4.79 Å². The average Bonchev–Trinajstić information content (AvgIpc) is 2.92. The maximum absolute atomic E-state index is 12.2. The van der Waals surface area contributed by atoms with Crippen LogP contribution in [0.25, 0.3) is 11.1 Å². The smallest absolute Gasteiger partial charge is 0.325 e. The highest BCUT2D eigenvalue weighted by Crippen LogP contribution is 2.18. The van der Waals surface area contributed by atoms with Crippen molar-refractivity contribution in [3.63, 3.8) is 0 Å². The van der Waals surface area contributed by atoms with Crippen LogP contribution >= 0.6 is 12.4 Å². The Morgan fingerprint density at radius 1 is 1.17 bits per heavy atom. The number of nitrogens with one attached hydrogen (secondary N) is 3. The first-order chi connectivity index (χ1) is 11.0. The highest BCUT2D eigenvalue weighted by Gasteiger charge is 2.23. The van der Waals surface area contributed by atoms with E-state index in [1.165, 1.54) is 6.20 Å². The van der Waals surface area contributed by atoms with Crippen molar-refractivity contribution in [2.45, 2.75) is 31.3 Å². The van der Waals surface area contributed by atoms with E-state index in [2.05, 4.69) is 15.3 Å². The average molecular weight is 351 g/mol. The molecule has 24 heavy (non-hydrogen) atoms. The van der Waals surface area contributed by atoms with Crippen molar-refractivity contribution in [1.82, 2.24) is 15.3 Å². The second-order valence-corrected chi connectivity index (χ2v) is 5.81. The Bertz CT molecular complexity index is 828. The molecule has 8 heteroatoms. The maximum atomic E-state index is 12.2. The summed E-state index contributed by atoms with van der Waals surface area (Å²) in [6.07, 6.45) is 3.99. The lowest BCUT2D eigenvalue weighted by molar-refractivity contribution is 0.0937. The zero-order valence-corrected chi connectivity index (χ0v) is 13.7. The lowest BCUT2D eigenvalue weighted by Crippen LogP contribution is -2.34. The van der Waals surface area contributed by atoms with Crippen molar-refractivity contribution >= 4 is 18.3 Å². The number of aromatic nitrogens is 2. The summed E-state index contributed by atoms with van der Waals surface area (Å²) in [5.74, 6) is -0.147. The molecule has 2 atom stereocenters. The van der Waals surface area contributed by atoms with Gasteiger partial charge in [0.15, 0.2) is 0 Å². The molecule has 1 fully saturated rings. The van der Waals surface area contributed by atoms with Crippen LogP contribution in [-0.4, -0.2) is 28.0 Å². The standard InChI is InChI=1S/C16H18N4O3.ClH/c17-11-5-6-12(7-11)19-14(21)10-3-1-9(2-4-10)13-8-18-16(23)20-15(13)22;/h1-4,8,11-12H,5-7,17H2,(H,19,21)(H2,18,20,22,23);1H/t11-,12+;/m1./s1. The minimum Gasteiger partial charge on any atom is -0.349 e. The zero-order chi connectivity index (χ0) is 16.4. The first kappa shape index (κ1) is 18.0. The van der Waals surface area contributed by atoms with E-state index in [1.807, 2.05) is 0 Å². The van der Waals surface area contributed by atoms with Crippen LogP contribution in [0.2, 0.25) is 0 Å². The highest BCUT2D eigenvalue weighted by molar-refractivity contribution is 5.94. The topological polar surface area (TPSA) is 121 Å². The van der Waals surface area contributed by atoms with Crippen LogP contribution in [0.5, 0.6) is 0 Å². The number of carbonyl (C=O) groups is 1. The third kappa shape index (κ3) is 3.93. The molecule has 1 amide bonds. The summed E-state index contributed by atoms with van der Waals surface area (Å²) in [5.41, 5.74) is 6.32. The van der Waals surface area contributed by atoms with Crippen molar-refractivity contribution in [3.8, 4) is 11.1 Å². The lowest BCUT2D eigenvalue weighted by Gasteiger charge is -2.12. The number of halogens is 1. The van der Waals surface area contributed by atoms with Gasteiger partial charge in [-0.2, -0.15) is 0 Å².